The molecule has 1 aromatic carbocycles. The summed E-state index contributed by atoms with van der Waals surface area (Å²) in [6.45, 7) is 5.33. The summed E-state index contributed by atoms with van der Waals surface area (Å²) in [5.74, 6) is 0.629. The fourth-order valence-corrected chi connectivity index (χ4v) is 3.23. The van der Waals surface area contributed by atoms with Gasteiger partial charge in [-0.3, -0.25) is 19.1 Å². The highest BCUT2D eigenvalue weighted by Crippen LogP contribution is 2.31. The molecule has 0 spiro atoms. The molecular weight excluding hydrogens is 376 g/mol. The van der Waals surface area contributed by atoms with E-state index in [1.807, 2.05) is 6.92 Å². The van der Waals surface area contributed by atoms with Crippen molar-refractivity contribution in [2.75, 3.05) is 30.4 Å². The van der Waals surface area contributed by atoms with Crippen molar-refractivity contribution in [3.63, 3.8) is 0 Å². The fourth-order valence-electron chi connectivity index (χ4n) is 3.23. The molecule has 1 aliphatic heterocycles. The number of benzene rings is 1. The zero-order valence-electron chi connectivity index (χ0n) is 16.7. The van der Waals surface area contributed by atoms with Crippen LogP contribution in [0.1, 0.15) is 43.5 Å². The van der Waals surface area contributed by atoms with E-state index in [2.05, 4.69) is 4.98 Å². The lowest BCUT2D eigenvalue weighted by Gasteiger charge is -2.23. The fraction of sp³-hybridized carbons (Fsp3) is 0.450. The largest absolute Gasteiger partial charge is 0.490 e. The zero-order chi connectivity index (χ0) is 21.0. The van der Waals surface area contributed by atoms with E-state index in [4.69, 9.17) is 15.2 Å². The van der Waals surface area contributed by atoms with Gasteiger partial charge in [0.05, 0.1) is 13.2 Å². The molecule has 0 fully saturated rings. The molecular formula is C20H26N4O5. The van der Waals surface area contributed by atoms with Crippen molar-refractivity contribution in [1.82, 2.24) is 9.55 Å². The first-order valence-electron chi connectivity index (χ1n) is 9.82. The SMILES string of the molecule is CCCCn1c(N)c(N(CC)C(=O)c2ccc3c(c2)OCCCO3)c(=O)[nH]c1=O. The van der Waals surface area contributed by atoms with Gasteiger partial charge in [-0.1, -0.05) is 13.3 Å². The Bertz CT molecular complexity index is 1010. The maximum atomic E-state index is 13.2. The van der Waals surface area contributed by atoms with E-state index in [1.54, 1.807) is 25.1 Å². The molecule has 1 amide bonds. The summed E-state index contributed by atoms with van der Waals surface area (Å²) in [5.41, 5.74) is 5.19. The highest BCUT2D eigenvalue weighted by Gasteiger charge is 2.25. The minimum Gasteiger partial charge on any atom is -0.490 e. The second-order valence-electron chi connectivity index (χ2n) is 6.76. The molecule has 9 nitrogen and oxygen atoms in total. The van der Waals surface area contributed by atoms with Gasteiger partial charge in [0.2, 0.25) is 0 Å². The number of aromatic nitrogens is 2. The second kappa shape index (κ2) is 8.85. The lowest BCUT2D eigenvalue weighted by atomic mass is 10.1. The predicted octanol–water partition coefficient (Wildman–Crippen LogP) is 1.75. The third kappa shape index (κ3) is 4.13. The van der Waals surface area contributed by atoms with E-state index >= 15 is 0 Å². The van der Waals surface area contributed by atoms with Gasteiger partial charge in [-0.25, -0.2) is 4.79 Å². The maximum Gasteiger partial charge on any atom is 0.330 e. The van der Waals surface area contributed by atoms with Crippen LogP contribution in [0.3, 0.4) is 0 Å². The van der Waals surface area contributed by atoms with Crippen LogP contribution >= 0.6 is 0 Å². The van der Waals surface area contributed by atoms with Gasteiger partial charge < -0.3 is 20.1 Å². The molecule has 0 bridgehead atoms. The molecule has 2 aromatic rings. The number of fused-ring (bicyclic) bond motifs is 1. The van der Waals surface area contributed by atoms with Crippen LogP contribution in [0.25, 0.3) is 0 Å². The number of anilines is 2. The van der Waals surface area contributed by atoms with Crippen LogP contribution in [0.5, 0.6) is 11.5 Å². The van der Waals surface area contributed by atoms with Gasteiger partial charge in [0.1, 0.15) is 5.82 Å². The molecule has 156 valence electrons. The maximum absolute atomic E-state index is 13.2. The Morgan fingerprint density at radius 1 is 1.21 bits per heavy atom. The number of nitrogens with zero attached hydrogens (tertiary/aromatic N) is 2. The molecule has 3 N–H and O–H groups in total. The Balaban J connectivity index is 2.01. The number of nitrogens with one attached hydrogen (secondary N) is 1. The molecule has 0 saturated carbocycles. The number of carbonyl (C=O) groups is 1. The molecule has 0 saturated heterocycles. The lowest BCUT2D eigenvalue weighted by molar-refractivity contribution is 0.0987. The average molecular weight is 402 g/mol. The van der Waals surface area contributed by atoms with Crippen LogP contribution in [0, 0.1) is 0 Å². The van der Waals surface area contributed by atoms with Crippen molar-refractivity contribution in [2.45, 2.75) is 39.7 Å². The van der Waals surface area contributed by atoms with E-state index in [0.29, 0.717) is 36.8 Å². The quantitative estimate of drug-likeness (QED) is 0.760. The average Bonchev–Trinajstić information content (AvgIpc) is 2.95. The number of hydrogen-bond donors (Lipinski definition) is 2. The summed E-state index contributed by atoms with van der Waals surface area (Å²) in [6, 6.07) is 4.90. The Morgan fingerprint density at radius 3 is 2.62 bits per heavy atom. The van der Waals surface area contributed by atoms with E-state index in [0.717, 1.165) is 19.3 Å². The number of carbonyl (C=O) groups excluding carboxylic acids is 1. The van der Waals surface area contributed by atoms with E-state index in [9.17, 15) is 14.4 Å². The first-order chi connectivity index (χ1) is 14.0. The van der Waals surface area contributed by atoms with Gasteiger partial charge in [0.15, 0.2) is 17.2 Å². The van der Waals surface area contributed by atoms with Gasteiger partial charge in [0, 0.05) is 25.1 Å². The first kappa shape index (κ1) is 20.5. The van der Waals surface area contributed by atoms with Crippen LogP contribution < -0.4 is 31.4 Å². The van der Waals surface area contributed by atoms with Crippen LogP contribution in [0.15, 0.2) is 27.8 Å². The molecule has 1 aromatic heterocycles. The number of ether oxygens (including phenoxy) is 2. The topological polar surface area (TPSA) is 120 Å². The summed E-state index contributed by atoms with van der Waals surface area (Å²) >= 11 is 0. The second-order valence-corrected chi connectivity index (χ2v) is 6.76. The minimum absolute atomic E-state index is 0.0169. The smallest absolute Gasteiger partial charge is 0.330 e. The molecule has 0 radical (unpaired) electrons. The number of rotatable bonds is 6. The van der Waals surface area contributed by atoms with Gasteiger partial charge >= 0.3 is 5.69 Å². The Labute approximate surface area is 168 Å². The summed E-state index contributed by atoms with van der Waals surface area (Å²) < 4.78 is 12.5. The van der Waals surface area contributed by atoms with Gasteiger partial charge in [-0.15, -0.1) is 0 Å². The summed E-state index contributed by atoms with van der Waals surface area (Å²) in [6.07, 6.45) is 2.33. The van der Waals surface area contributed by atoms with Crippen molar-refractivity contribution in [3.8, 4) is 11.5 Å². The summed E-state index contributed by atoms with van der Waals surface area (Å²) in [7, 11) is 0. The van der Waals surface area contributed by atoms with Crippen LogP contribution in [-0.2, 0) is 6.54 Å². The molecule has 0 aliphatic carbocycles. The minimum atomic E-state index is -0.690. The van der Waals surface area contributed by atoms with Crippen molar-refractivity contribution in [3.05, 3.63) is 44.6 Å². The van der Waals surface area contributed by atoms with E-state index in [-0.39, 0.29) is 18.1 Å². The van der Waals surface area contributed by atoms with Crippen LogP contribution in [0.2, 0.25) is 0 Å². The summed E-state index contributed by atoms with van der Waals surface area (Å²) in [4.78, 5) is 41.4. The standard InChI is InChI=1S/C20H26N4O5/c1-3-5-9-24-17(21)16(18(25)22-20(24)27)23(4-2)19(26)13-7-8-14-15(12-13)29-11-6-10-28-14/h7-8,12H,3-6,9-11,21H2,1-2H3,(H,22,25,27). The van der Waals surface area contributed by atoms with Gasteiger partial charge in [-0.05, 0) is 31.5 Å². The third-order valence-corrected chi connectivity index (χ3v) is 4.78. The molecule has 9 heteroatoms. The van der Waals surface area contributed by atoms with Gasteiger partial charge in [-0.2, -0.15) is 0 Å². The van der Waals surface area contributed by atoms with Crippen LogP contribution in [0.4, 0.5) is 11.5 Å². The molecule has 3 rings (SSSR count). The van der Waals surface area contributed by atoms with Gasteiger partial charge in [0.25, 0.3) is 11.5 Å². The predicted molar refractivity (Wildman–Crippen MR) is 110 cm³/mol. The Kier molecular flexibility index (Phi) is 6.26. The van der Waals surface area contributed by atoms with Crippen molar-refractivity contribution >= 4 is 17.4 Å². The number of nitrogen functional groups attached to an aromatic ring is 1. The molecule has 0 unspecified atom stereocenters. The number of nitrogens with two attached hydrogens (primary N) is 1. The molecule has 0 atom stereocenters. The Hall–Kier alpha value is -3.23. The monoisotopic (exact) mass is 402 g/mol. The van der Waals surface area contributed by atoms with E-state index in [1.165, 1.54) is 9.47 Å². The van der Waals surface area contributed by atoms with Crippen LogP contribution in [-0.4, -0.2) is 35.2 Å². The Morgan fingerprint density at radius 2 is 1.93 bits per heavy atom. The van der Waals surface area contributed by atoms with Crippen molar-refractivity contribution < 1.29 is 14.3 Å². The van der Waals surface area contributed by atoms with Crippen molar-refractivity contribution in [1.29, 1.82) is 0 Å². The summed E-state index contributed by atoms with van der Waals surface area (Å²) in [5, 5.41) is 0. The number of unbranched alkanes of at least 4 members (excludes halogenated alkanes) is 1. The number of hydrogen-bond acceptors (Lipinski definition) is 6. The number of aromatic amines is 1. The number of amides is 1. The third-order valence-electron chi connectivity index (χ3n) is 4.78. The lowest BCUT2D eigenvalue weighted by Crippen LogP contribution is -2.41. The molecule has 29 heavy (non-hydrogen) atoms. The zero-order valence-corrected chi connectivity index (χ0v) is 16.7. The number of H-pyrrole nitrogens is 1. The molecule has 1 aliphatic rings. The molecule has 2 heterocycles. The van der Waals surface area contributed by atoms with E-state index < -0.39 is 17.2 Å². The highest BCUT2D eigenvalue weighted by atomic mass is 16.5. The first-order valence-corrected chi connectivity index (χ1v) is 9.82. The van der Waals surface area contributed by atoms with Crippen molar-refractivity contribution in [2.24, 2.45) is 0 Å². The normalized spacial score (nSPS) is 13.0. The highest BCUT2D eigenvalue weighted by molar-refractivity contribution is 6.07.